The van der Waals surface area contributed by atoms with E-state index in [-0.39, 0.29) is 12.1 Å². The van der Waals surface area contributed by atoms with Crippen molar-refractivity contribution in [3.05, 3.63) is 86.5 Å². The van der Waals surface area contributed by atoms with Gasteiger partial charge in [0.25, 0.3) is 0 Å². The van der Waals surface area contributed by atoms with Crippen molar-refractivity contribution in [3.8, 4) is 0 Å². The first-order valence-electron chi connectivity index (χ1n) is 8.34. The van der Waals surface area contributed by atoms with Crippen LogP contribution in [0, 0.1) is 0 Å². The predicted octanol–water partition coefficient (Wildman–Crippen LogP) is 4.29. The summed E-state index contributed by atoms with van der Waals surface area (Å²) in [4.78, 5) is 12.3. The highest BCUT2D eigenvalue weighted by Gasteiger charge is 2.32. The molecule has 26 heavy (non-hydrogen) atoms. The molecule has 0 aliphatic carbocycles. The minimum Gasteiger partial charge on any atom is -0.327 e. The molecule has 4 rings (SSSR count). The van der Waals surface area contributed by atoms with E-state index < -0.39 is 0 Å². The lowest BCUT2D eigenvalue weighted by atomic mass is 9.89. The molecule has 1 unspecified atom stereocenters. The van der Waals surface area contributed by atoms with Crippen molar-refractivity contribution < 1.29 is 4.79 Å². The average molecular weight is 386 g/mol. The Bertz CT molecular complexity index is 936. The van der Waals surface area contributed by atoms with Crippen LogP contribution in [0.25, 0.3) is 6.08 Å². The summed E-state index contributed by atoms with van der Waals surface area (Å²) in [7, 11) is 0. The van der Waals surface area contributed by atoms with Crippen LogP contribution in [-0.4, -0.2) is 19.1 Å². The number of nitrogens with one attached hydrogen (secondary N) is 3. The minimum absolute atomic E-state index is 0.236. The van der Waals surface area contributed by atoms with E-state index in [2.05, 4.69) is 16.0 Å². The van der Waals surface area contributed by atoms with Crippen molar-refractivity contribution in [2.24, 2.45) is 0 Å². The van der Waals surface area contributed by atoms with E-state index in [1.165, 1.54) is 0 Å². The standard InChI is InChI=1S/C20H17Cl2N3O/c21-16-7-3-1-5-12(16)9-13-10-23-11-15-18(13)24-20(26)25-19(15)14-6-2-4-8-17(14)22/h1-9,19,23H,10-11H2,(H2,24,25,26)/b13-9+. The zero-order valence-electron chi connectivity index (χ0n) is 13.9. The molecule has 0 bridgehead atoms. The number of rotatable bonds is 2. The van der Waals surface area contributed by atoms with Gasteiger partial charge in [0, 0.05) is 28.8 Å². The van der Waals surface area contributed by atoms with Gasteiger partial charge < -0.3 is 16.0 Å². The fourth-order valence-corrected chi connectivity index (χ4v) is 3.80. The molecule has 132 valence electrons. The van der Waals surface area contributed by atoms with E-state index in [1.807, 2.05) is 54.6 Å². The molecule has 1 atom stereocenters. The molecule has 6 heteroatoms. The third-order valence-electron chi connectivity index (χ3n) is 4.59. The molecule has 0 saturated heterocycles. The highest BCUT2D eigenvalue weighted by Crippen LogP contribution is 2.35. The first-order chi connectivity index (χ1) is 12.6. The fraction of sp³-hybridized carbons (Fsp3) is 0.150. The summed E-state index contributed by atoms with van der Waals surface area (Å²) in [6.45, 7) is 1.32. The highest BCUT2D eigenvalue weighted by molar-refractivity contribution is 6.32. The average Bonchev–Trinajstić information content (AvgIpc) is 2.64. The third-order valence-corrected chi connectivity index (χ3v) is 5.28. The molecule has 0 saturated carbocycles. The summed E-state index contributed by atoms with van der Waals surface area (Å²) in [5, 5.41) is 10.7. The molecule has 0 spiro atoms. The van der Waals surface area contributed by atoms with Crippen LogP contribution in [0.5, 0.6) is 0 Å². The Morgan fingerprint density at radius 2 is 1.69 bits per heavy atom. The second-order valence-electron chi connectivity index (χ2n) is 6.25. The van der Waals surface area contributed by atoms with Crippen molar-refractivity contribution in [3.63, 3.8) is 0 Å². The Labute approximate surface area is 161 Å². The van der Waals surface area contributed by atoms with Gasteiger partial charge in [0.1, 0.15) is 0 Å². The quantitative estimate of drug-likeness (QED) is 0.722. The predicted molar refractivity (Wildman–Crippen MR) is 105 cm³/mol. The molecule has 2 aliphatic rings. The molecule has 3 N–H and O–H groups in total. The van der Waals surface area contributed by atoms with Gasteiger partial charge in [0.2, 0.25) is 0 Å². The zero-order chi connectivity index (χ0) is 18.1. The number of hydrogen-bond acceptors (Lipinski definition) is 2. The van der Waals surface area contributed by atoms with Gasteiger partial charge in [0.15, 0.2) is 0 Å². The van der Waals surface area contributed by atoms with Crippen molar-refractivity contribution in [2.75, 3.05) is 13.1 Å². The van der Waals surface area contributed by atoms with E-state index >= 15 is 0 Å². The molecule has 2 heterocycles. The van der Waals surface area contributed by atoms with E-state index in [4.69, 9.17) is 23.2 Å². The van der Waals surface area contributed by atoms with Crippen LogP contribution < -0.4 is 16.0 Å². The van der Waals surface area contributed by atoms with Crippen molar-refractivity contribution >= 4 is 35.3 Å². The van der Waals surface area contributed by atoms with Crippen LogP contribution in [0.2, 0.25) is 10.0 Å². The van der Waals surface area contributed by atoms with Crippen LogP contribution in [-0.2, 0) is 0 Å². The monoisotopic (exact) mass is 385 g/mol. The molecule has 2 aromatic carbocycles. The van der Waals surface area contributed by atoms with Crippen LogP contribution in [0.1, 0.15) is 17.2 Å². The van der Waals surface area contributed by atoms with Crippen LogP contribution >= 0.6 is 23.2 Å². The van der Waals surface area contributed by atoms with E-state index in [1.54, 1.807) is 0 Å². The Hall–Kier alpha value is -2.27. The largest absolute Gasteiger partial charge is 0.327 e. The molecular weight excluding hydrogens is 369 g/mol. The fourth-order valence-electron chi connectivity index (χ4n) is 3.37. The van der Waals surface area contributed by atoms with Crippen LogP contribution in [0.3, 0.4) is 0 Å². The van der Waals surface area contributed by atoms with Gasteiger partial charge in [-0.05, 0) is 40.5 Å². The molecule has 2 aromatic rings. The maximum atomic E-state index is 12.3. The molecule has 0 fully saturated rings. The zero-order valence-corrected chi connectivity index (χ0v) is 15.4. The first kappa shape index (κ1) is 17.2. The summed E-state index contributed by atoms with van der Waals surface area (Å²) in [6.07, 6.45) is 2.01. The summed E-state index contributed by atoms with van der Waals surface area (Å²) in [5.41, 5.74) is 4.70. The van der Waals surface area contributed by atoms with Gasteiger partial charge in [-0.25, -0.2) is 4.79 Å². The minimum atomic E-state index is -0.269. The number of benzene rings is 2. The molecule has 2 aliphatic heterocycles. The topological polar surface area (TPSA) is 53.2 Å². The molecular formula is C20H17Cl2N3O. The lowest BCUT2D eigenvalue weighted by Crippen LogP contribution is -2.49. The summed E-state index contributed by atoms with van der Waals surface area (Å²) in [6, 6.07) is 14.7. The van der Waals surface area contributed by atoms with Crippen LogP contribution in [0.4, 0.5) is 4.79 Å². The van der Waals surface area contributed by atoms with Crippen molar-refractivity contribution in [1.82, 2.24) is 16.0 Å². The van der Waals surface area contributed by atoms with E-state index in [0.717, 1.165) is 28.0 Å². The molecule has 0 radical (unpaired) electrons. The Balaban J connectivity index is 1.81. The van der Waals surface area contributed by atoms with Gasteiger partial charge in [-0.3, -0.25) is 0 Å². The number of amides is 2. The van der Waals surface area contributed by atoms with Gasteiger partial charge >= 0.3 is 6.03 Å². The van der Waals surface area contributed by atoms with Gasteiger partial charge in [0.05, 0.1) is 6.04 Å². The Morgan fingerprint density at radius 1 is 0.962 bits per heavy atom. The van der Waals surface area contributed by atoms with E-state index in [0.29, 0.717) is 23.1 Å². The highest BCUT2D eigenvalue weighted by atomic mass is 35.5. The van der Waals surface area contributed by atoms with Crippen molar-refractivity contribution in [2.45, 2.75) is 6.04 Å². The lowest BCUT2D eigenvalue weighted by Gasteiger charge is -2.35. The normalized spacial score (nSPS) is 21.2. The number of carbonyl (C=O) groups is 1. The maximum Gasteiger partial charge on any atom is 0.319 e. The summed E-state index contributed by atoms with van der Waals surface area (Å²) >= 11 is 12.7. The molecule has 2 amide bonds. The SMILES string of the molecule is O=C1NC2=C(CNC/C2=C\c2ccccc2Cl)C(c2ccccc2Cl)N1. The Kier molecular flexibility index (Phi) is 4.72. The van der Waals surface area contributed by atoms with Crippen molar-refractivity contribution in [1.29, 1.82) is 0 Å². The summed E-state index contributed by atoms with van der Waals surface area (Å²) in [5.74, 6) is 0. The number of halogens is 2. The molecule has 0 aromatic heterocycles. The second kappa shape index (κ2) is 7.16. The maximum absolute atomic E-state index is 12.3. The van der Waals surface area contributed by atoms with Crippen LogP contribution in [0.15, 0.2) is 65.4 Å². The third kappa shape index (κ3) is 3.23. The van der Waals surface area contributed by atoms with Gasteiger partial charge in [-0.1, -0.05) is 59.6 Å². The van der Waals surface area contributed by atoms with E-state index in [9.17, 15) is 4.79 Å². The second-order valence-corrected chi connectivity index (χ2v) is 7.06. The van der Waals surface area contributed by atoms with Gasteiger partial charge in [-0.2, -0.15) is 0 Å². The lowest BCUT2D eigenvalue weighted by molar-refractivity contribution is 0.238. The number of urea groups is 1. The number of carbonyl (C=O) groups excluding carboxylic acids is 1. The summed E-state index contributed by atoms with van der Waals surface area (Å²) < 4.78 is 0. The first-order valence-corrected chi connectivity index (χ1v) is 9.10. The number of hydrogen-bond donors (Lipinski definition) is 3. The molecule has 4 nitrogen and oxygen atoms in total. The van der Waals surface area contributed by atoms with Gasteiger partial charge in [-0.15, -0.1) is 0 Å². The Morgan fingerprint density at radius 3 is 2.46 bits per heavy atom. The smallest absolute Gasteiger partial charge is 0.319 e.